The van der Waals surface area contributed by atoms with E-state index in [9.17, 15) is 0 Å². The highest BCUT2D eigenvalue weighted by atomic mass is 14.5. The van der Waals surface area contributed by atoms with Gasteiger partial charge in [0.1, 0.15) is 0 Å². The summed E-state index contributed by atoms with van der Waals surface area (Å²) in [6.07, 6.45) is 12.4. The lowest BCUT2D eigenvalue weighted by atomic mass is 9.59. The smallest absolute Gasteiger partial charge is 0.0334 e. The van der Waals surface area contributed by atoms with E-state index in [0.717, 1.165) is 29.6 Å². The quantitative estimate of drug-likeness (QED) is 0.535. The van der Waals surface area contributed by atoms with Crippen LogP contribution in [0.4, 0.5) is 0 Å². The molecule has 3 rings (SSSR count). The maximum atomic E-state index is 2.48. The van der Waals surface area contributed by atoms with Crippen molar-refractivity contribution in [1.82, 2.24) is 0 Å². The highest BCUT2D eigenvalue weighted by Crippen LogP contribution is 2.57. The molecule has 17 heavy (non-hydrogen) atoms. The summed E-state index contributed by atoms with van der Waals surface area (Å²) in [7, 11) is 0. The van der Waals surface area contributed by atoms with Crippen molar-refractivity contribution in [1.29, 1.82) is 0 Å². The first-order chi connectivity index (χ1) is 8.07. The van der Waals surface area contributed by atoms with Gasteiger partial charge in [-0.2, -0.15) is 0 Å². The first kappa shape index (κ1) is 12.1. The third-order valence-corrected chi connectivity index (χ3v) is 6.38. The Morgan fingerprint density at radius 3 is 2.12 bits per heavy atom. The Labute approximate surface area is 108 Å². The molecule has 0 aromatic rings. The predicted molar refractivity (Wildman–Crippen MR) is 73.8 cm³/mol. The molecule has 0 amide bonds. The molecule has 3 aliphatic carbocycles. The van der Waals surface area contributed by atoms with E-state index < -0.39 is 0 Å². The van der Waals surface area contributed by atoms with Gasteiger partial charge in [-0.15, -0.1) is 0 Å². The van der Waals surface area contributed by atoms with E-state index in [1.165, 1.54) is 19.3 Å². The summed E-state index contributed by atoms with van der Waals surface area (Å²) in [4.78, 5) is 0. The first-order valence-corrected chi connectivity index (χ1v) is 8.07. The first-order valence-electron chi connectivity index (χ1n) is 8.07. The summed E-state index contributed by atoms with van der Waals surface area (Å²) >= 11 is 0. The molecule has 5 atom stereocenters. The zero-order chi connectivity index (χ0) is 12.0. The number of hydrogen-bond donors (Lipinski definition) is 0. The van der Waals surface area contributed by atoms with Crippen LogP contribution in [0.25, 0.3) is 0 Å². The molecular weight excluding hydrogens is 204 g/mol. The Bertz CT molecular complexity index is 272. The Hall–Kier alpha value is 0. The maximum absolute atomic E-state index is 2.48. The normalized spacial score (nSPS) is 46.4. The molecule has 0 aromatic heterocycles. The highest BCUT2D eigenvalue weighted by molar-refractivity contribution is 4.98. The van der Waals surface area contributed by atoms with Gasteiger partial charge in [-0.3, -0.25) is 0 Å². The van der Waals surface area contributed by atoms with Crippen molar-refractivity contribution in [3.63, 3.8) is 0 Å². The van der Waals surface area contributed by atoms with Crippen molar-refractivity contribution in [2.45, 2.75) is 72.1 Å². The molecule has 0 aliphatic heterocycles. The molecule has 0 N–H and O–H groups in total. The molecule has 0 radical (unpaired) electrons. The molecule has 0 nitrogen and oxygen atoms in total. The van der Waals surface area contributed by atoms with Gasteiger partial charge in [-0.25, -0.2) is 0 Å². The largest absolute Gasteiger partial charge is 0.0599 e. The second kappa shape index (κ2) is 4.28. The Kier molecular flexibility index (Phi) is 3.04. The lowest BCUT2D eigenvalue weighted by molar-refractivity contribution is 0.0366. The SMILES string of the molecule is CC(C)(C)C1CCC2C3CCCCC3CCC21. The van der Waals surface area contributed by atoms with Gasteiger partial charge >= 0.3 is 0 Å². The van der Waals surface area contributed by atoms with Crippen LogP contribution < -0.4 is 0 Å². The summed E-state index contributed by atoms with van der Waals surface area (Å²) in [5, 5.41) is 0. The second-order valence-electron chi connectivity index (χ2n) is 8.16. The molecule has 3 saturated carbocycles. The van der Waals surface area contributed by atoms with Crippen LogP contribution in [-0.2, 0) is 0 Å². The fourth-order valence-corrected chi connectivity index (χ4v) is 5.69. The molecule has 0 aromatic carbocycles. The van der Waals surface area contributed by atoms with Crippen molar-refractivity contribution in [3.8, 4) is 0 Å². The fourth-order valence-electron chi connectivity index (χ4n) is 5.69. The lowest BCUT2D eigenvalue weighted by Crippen LogP contribution is -2.38. The molecule has 5 unspecified atom stereocenters. The van der Waals surface area contributed by atoms with Crippen molar-refractivity contribution >= 4 is 0 Å². The Morgan fingerprint density at radius 2 is 1.35 bits per heavy atom. The Balaban J connectivity index is 1.76. The third-order valence-electron chi connectivity index (χ3n) is 6.38. The van der Waals surface area contributed by atoms with Crippen LogP contribution in [0.1, 0.15) is 72.1 Å². The number of rotatable bonds is 0. The lowest BCUT2D eigenvalue weighted by Gasteiger charge is -2.46. The van der Waals surface area contributed by atoms with Gasteiger partial charge in [0.2, 0.25) is 0 Å². The summed E-state index contributed by atoms with van der Waals surface area (Å²) in [5.74, 6) is 5.50. The van der Waals surface area contributed by atoms with Gasteiger partial charge in [-0.1, -0.05) is 40.0 Å². The molecule has 3 fully saturated rings. The van der Waals surface area contributed by atoms with Crippen LogP contribution in [0.5, 0.6) is 0 Å². The third kappa shape index (κ3) is 2.06. The van der Waals surface area contributed by atoms with E-state index in [4.69, 9.17) is 0 Å². The molecule has 98 valence electrons. The molecule has 0 bridgehead atoms. The van der Waals surface area contributed by atoms with Gasteiger partial charge in [0, 0.05) is 0 Å². The van der Waals surface area contributed by atoms with Crippen LogP contribution in [0.15, 0.2) is 0 Å². The maximum Gasteiger partial charge on any atom is -0.0334 e. The van der Waals surface area contributed by atoms with Crippen LogP contribution in [0, 0.1) is 35.0 Å². The average molecular weight is 234 g/mol. The molecule has 0 heteroatoms. The summed E-state index contributed by atoms with van der Waals surface area (Å²) in [6, 6.07) is 0. The van der Waals surface area contributed by atoms with E-state index in [-0.39, 0.29) is 0 Å². The molecule has 3 aliphatic rings. The van der Waals surface area contributed by atoms with Crippen molar-refractivity contribution in [3.05, 3.63) is 0 Å². The highest BCUT2D eigenvalue weighted by Gasteiger charge is 2.49. The van der Waals surface area contributed by atoms with Gasteiger partial charge in [0.15, 0.2) is 0 Å². The minimum atomic E-state index is 0.556. The summed E-state index contributed by atoms with van der Waals surface area (Å²) in [5.41, 5.74) is 0.556. The molecular formula is C17H30. The Morgan fingerprint density at radius 1 is 0.647 bits per heavy atom. The number of hydrogen-bond acceptors (Lipinski definition) is 0. The van der Waals surface area contributed by atoms with Crippen LogP contribution in [0.3, 0.4) is 0 Å². The van der Waals surface area contributed by atoms with Crippen molar-refractivity contribution < 1.29 is 0 Å². The zero-order valence-electron chi connectivity index (χ0n) is 12.0. The van der Waals surface area contributed by atoms with Gasteiger partial charge < -0.3 is 0 Å². The van der Waals surface area contributed by atoms with Crippen LogP contribution in [-0.4, -0.2) is 0 Å². The topological polar surface area (TPSA) is 0 Å². The molecule has 0 saturated heterocycles. The molecule has 0 spiro atoms. The van der Waals surface area contributed by atoms with E-state index in [2.05, 4.69) is 20.8 Å². The van der Waals surface area contributed by atoms with Crippen molar-refractivity contribution in [2.24, 2.45) is 35.0 Å². The van der Waals surface area contributed by atoms with Crippen molar-refractivity contribution in [2.75, 3.05) is 0 Å². The minimum absolute atomic E-state index is 0.556. The van der Waals surface area contributed by atoms with Gasteiger partial charge in [0.25, 0.3) is 0 Å². The predicted octanol–water partition coefficient (Wildman–Crippen LogP) is 5.28. The van der Waals surface area contributed by atoms with Gasteiger partial charge in [0.05, 0.1) is 0 Å². The average Bonchev–Trinajstić information content (AvgIpc) is 2.72. The standard InChI is InChI=1S/C17H30/c1-17(2,3)16-11-10-14-13-7-5-4-6-12(13)8-9-15(14)16/h12-16H,4-11H2,1-3H3. The second-order valence-corrected chi connectivity index (χ2v) is 8.16. The zero-order valence-corrected chi connectivity index (χ0v) is 12.0. The summed E-state index contributed by atoms with van der Waals surface area (Å²) < 4.78 is 0. The summed E-state index contributed by atoms with van der Waals surface area (Å²) in [6.45, 7) is 7.44. The van der Waals surface area contributed by atoms with E-state index in [0.29, 0.717) is 5.41 Å². The van der Waals surface area contributed by atoms with E-state index >= 15 is 0 Å². The van der Waals surface area contributed by atoms with Gasteiger partial charge in [-0.05, 0) is 67.1 Å². The van der Waals surface area contributed by atoms with Crippen LogP contribution >= 0.6 is 0 Å². The van der Waals surface area contributed by atoms with E-state index in [1.807, 2.05) is 0 Å². The number of fused-ring (bicyclic) bond motifs is 3. The van der Waals surface area contributed by atoms with Crippen LogP contribution in [0.2, 0.25) is 0 Å². The molecule has 0 heterocycles. The minimum Gasteiger partial charge on any atom is -0.0599 e. The monoisotopic (exact) mass is 234 g/mol. The fraction of sp³-hybridized carbons (Fsp3) is 1.00. The van der Waals surface area contributed by atoms with E-state index in [1.54, 1.807) is 32.1 Å².